The number of anilines is 1. The van der Waals surface area contributed by atoms with Crippen molar-refractivity contribution in [2.75, 3.05) is 5.32 Å². The highest BCUT2D eigenvalue weighted by molar-refractivity contribution is 6.07. The fourth-order valence-corrected chi connectivity index (χ4v) is 1.19. The second-order valence-corrected chi connectivity index (χ2v) is 2.98. The molecule has 0 aromatic heterocycles. The average molecular weight is 189 g/mol. The molecule has 1 amide bonds. The molecule has 0 heterocycles. The summed E-state index contributed by atoms with van der Waals surface area (Å²) in [5.41, 5.74) is 1.93. The zero-order valence-electron chi connectivity index (χ0n) is 8.12. The van der Waals surface area contributed by atoms with Crippen molar-refractivity contribution in [3.63, 3.8) is 0 Å². The number of carbonyl (C=O) groups is 1. The first-order valence-electron chi connectivity index (χ1n) is 4.53. The quantitative estimate of drug-likeness (QED) is 0.740. The molecule has 0 saturated carbocycles. The Bertz CT molecular complexity index is 297. The van der Waals surface area contributed by atoms with E-state index in [0.717, 1.165) is 12.8 Å². The van der Waals surface area contributed by atoms with Gasteiger partial charge in [0.2, 0.25) is 0 Å². The van der Waals surface area contributed by atoms with Crippen molar-refractivity contribution in [2.45, 2.75) is 19.8 Å². The van der Waals surface area contributed by atoms with Gasteiger partial charge < -0.3 is 4.65 Å². The molecule has 0 atom stereocenters. The average Bonchev–Trinajstić information content (AvgIpc) is 2.21. The van der Waals surface area contributed by atoms with E-state index in [1.165, 1.54) is 5.56 Å². The highest BCUT2D eigenvalue weighted by Crippen LogP contribution is 2.10. The van der Waals surface area contributed by atoms with E-state index < -0.39 is 6.09 Å². The van der Waals surface area contributed by atoms with Crippen molar-refractivity contribution in [2.24, 2.45) is 0 Å². The molecule has 0 aliphatic rings. The Kier molecular flexibility index (Phi) is 4.04. The smallest absolute Gasteiger partial charge is 0.392 e. The summed E-state index contributed by atoms with van der Waals surface area (Å²) in [4.78, 5) is 10.7. The van der Waals surface area contributed by atoms with Gasteiger partial charge in [-0.2, -0.15) is 0 Å². The van der Waals surface area contributed by atoms with Crippen LogP contribution in [0, 0.1) is 0 Å². The molecule has 0 saturated heterocycles. The molecule has 72 valence electrons. The second kappa shape index (κ2) is 5.32. The van der Waals surface area contributed by atoms with Gasteiger partial charge in [-0.1, -0.05) is 25.5 Å². The molecule has 2 radical (unpaired) electrons. The molecule has 0 bridgehead atoms. The molecule has 1 rings (SSSR count). The van der Waals surface area contributed by atoms with Crippen molar-refractivity contribution < 1.29 is 9.45 Å². The lowest BCUT2D eigenvalue weighted by Gasteiger charge is -2.04. The van der Waals surface area contributed by atoms with Crippen LogP contribution in [0.4, 0.5) is 10.5 Å². The van der Waals surface area contributed by atoms with E-state index >= 15 is 0 Å². The number of hydrogen-bond acceptors (Lipinski definition) is 2. The van der Waals surface area contributed by atoms with Crippen LogP contribution in [-0.2, 0) is 11.1 Å². The summed E-state index contributed by atoms with van der Waals surface area (Å²) in [5.74, 6) is 0. The van der Waals surface area contributed by atoms with Crippen molar-refractivity contribution in [1.82, 2.24) is 0 Å². The van der Waals surface area contributed by atoms with Gasteiger partial charge in [-0.25, -0.2) is 4.79 Å². The summed E-state index contributed by atoms with van der Waals surface area (Å²) >= 11 is 0. The molecule has 1 aromatic rings. The van der Waals surface area contributed by atoms with E-state index in [2.05, 4.69) is 24.9 Å². The Morgan fingerprint density at radius 2 is 2.07 bits per heavy atom. The van der Waals surface area contributed by atoms with Gasteiger partial charge in [-0.15, -0.1) is 0 Å². The Morgan fingerprint density at radius 3 is 2.57 bits per heavy atom. The second-order valence-electron chi connectivity index (χ2n) is 2.98. The maximum Gasteiger partial charge on any atom is 0.392 e. The van der Waals surface area contributed by atoms with E-state index in [9.17, 15) is 4.79 Å². The van der Waals surface area contributed by atoms with Crippen LogP contribution in [0.5, 0.6) is 0 Å². The van der Waals surface area contributed by atoms with Gasteiger partial charge >= 0.3 is 14.1 Å². The summed E-state index contributed by atoms with van der Waals surface area (Å²) in [7, 11) is 4.69. The summed E-state index contributed by atoms with van der Waals surface area (Å²) in [6.07, 6.45) is 1.49. The molecule has 0 spiro atoms. The Labute approximate surface area is 84.9 Å². The standard InChI is InChI=1S/C10H12BNO2/c1-2-3-8-4-6-9(7-5-8)12-10(13)14-11/h4-7H,2-3H2,1H3,(H,12,13). The maximum atomic E-state index is 10.7. The summed E-state index contributed by atoms with van der Waals surface area (Å²) in [6, 6.07) is 7.58. The third kappa shape index (κ3) is 3.13. The molecule has 0 aliphatic carbocycles. The normalized spacial score (nSPS) is 9.50. The SMILES string of the molecule is [B]OC(=O)Nc1ccc(CCC)cc1. The molecule has 3 nitrogen and oxygen atoms in total. The van der Waals surface area contributed by atoms with Gasteiger partial charge in [0.1, 0.15) is 0 Å². The van der Waals surface area contributed by atoms with E-state index in [1.807, 2.05) is 24.3 Å². The lowest BCUT2D eigenvalue weighted by atomic mass is 10.1. The van der Waals surface area contributed by atoms with Crippen LogP contribution in [0.2, 0.25) is 0 Å². The minimum atomic E-state index is -0.659. The van der Waals surface area contributed by atoms with E-state index in [1.54, 1.807) is 0 Å². The molecule has 1 N–H and O–H groups in total. The van der Waals surface area contributed by atoms with Crippen LogP contribution in [0.3, 0.4) is 0 Å². The molecule has 0 aliphatic heterocycles. The first-order valence-corrected chi connectivity index (χ1v) is 4.53. The lowest BCUT2D eigenvalue weighted by Crippen LogP contribution is -2.11. The van der Waals surface area contributed by atoms with E-state index in [-0.39, 0.29) is 0 Å². The fraction of sp³-hybridized carbons (Fsp3) is 0.300. The largest absolute Gasteiger partial charge is 0.528 e. The summed E-state index contributed by atoms with van der Waals surface area (Å²) < 4.78 is 3.98. The van der Waals surface area contributed by atoms with Crippen molar-refractivity contribution >= 4 is 19.8 Å². The number of hydrogen-bond donors (Lipinski definition) is 1. The summed E-state index contributed by atoms with van der Waals surface area (Å²) in [5, 5.41) is 2.47. The highest BCUT2D eigenvalue weighted by Gasteiger charge is 1.99. The van der Waals surface area contributed by atoms with Gasteiger partial charge in [0.25, 0.3) is 0 Å². The van der Waals surface area contributed by atoms with Crippen molar-refractivity contribution in [3.05, 3.63) is 29.8 Å². The van der Waals surface area contributed by atoms with Crippen molar-refractivity contribution in [3.8, 4) is 0 Å². The minimum Gasteiger partial charge on any atom is -0.528 e. The van der Waals surface area contributed by atoms with Crippen LogP contribution in [0.25, 0.3) is 0 Å². The third-order valence-electron chi connectivity index (χ3n) is 1.85. The fourth-order valence-electron chi connectivity index (χ4n) is 1.19. The van der Waals surface area contributed by atoms with Gasteiger partial charge in [0, 0.05) is 5.69 Å². The molecular formula is C10H12BNO2. The lowest BCUT2D eigenvalue weighted by molar-refractivity contribution is 0.219. The predicted molar refractivity (Wildman–Crippen MR) is 56.3 cm³/mol. The van der Waals surface area contributed by atoms with Crippen LogP contribution < -0.4 is 5.32 Å². The van der Waals surface area contributed by atoms with E-state index in [4.69, 9.17) is 0 Å². The number of carbonyl (C=O) groups excluding carboxylic acids is 1. The third-order valence-corrected chi connectivity index (χ3v) is 1.85. The molecule has 0 fully saturated rings. The van der Waals surface area contributed by atoms with Gasteiger partial charge in [0.15, 0.2) is 0 Å². The molecule has 1 aromatic carbocycles. The van der Waals surface area contributed by atoms with Gasteiger partial charge in [-0.3, -0.25) is 5.32 Å². The molecule has 14 heavy (non-hydrogen) atoms. The first kappa shape index (κ1) is 10.6. The summed E-state index contributed by atoms with van der Waals surface area (Å²) in [6.45, 7) is 2.12. The van der Waals surface area contributed by atoms with Gasteiger partial charge in [-0.05, 0) is 24.1 Å². The number of benzene rings is 1. The number of aryl methyl sites for hydroxylation is 1. The Morgan fingerprint density at radius 1 is 1.43 bits per heavy atom. The zero-order chi connectivity index (χ0) is 10.4. The topological polar surface area (TPSA) is 38.3 Å². The predicted octanol–water partition coefficient (Wildman–Crippen LogP) is 2.27. The first-order chi connectivity index (χ1) is 6.76. The number of amides is 1. The van der Waals surface area contributed by atoms with Gasteiger partial charge in [0.05, 0.1) is 0 Å². The van der Waals surface area contributed by atoms with E-state index in [0.29, 0.717) is 5.69 Å². The van der Waals surface area contributed by atoms with Crippen LogP contribution >= 0.6 is 0 Å². The minimum absolute atomic E-state index is 0.659. The van der Waals surface area contributed by atoms with Crippen LogP contribution in [-0.4, -0.2) is 14.1 Å². The zero-order valence-corrected chi connectivity index (χ0v) is 8.12. The molecular weight excluding hydrogens is 177 g/mol. The molecule has 0 unspecified atom stereocenters. The Hall–Kier alpha value is -1.45. The Balaban J connectivity index is 2.59. The van der Waals surface area contributed by atoms with Crippen LogP contribution in [0.1, 0.15) is 18.9 Å². The van der Waals surface area contributed by atoms with Crippen LogP contribution in [0.15, 0.2) is 24.3 Å². The monoisotopic (exact) mass is 189 g/mol. The molecule has 4 heteroatoms. The highest BCUT2D eigenvalue weighted by atomic mass is 16.5. The maximum absolute atomic E-state index is 10.7. The number of nitrogens with one attached hydrogen (secondary N) is 1. The number of rotatable bonds is 3. The van der Waals surface area contributed by atoms with Crippen molar-refractivity contribution in [1.29, 1.82) is 0 Å².